The second-order valence-corrected chi connectivity index (χ2v) is 34.2. The molecule has 17 aromatic carbocycles. The molecule has 0 heterocycles. The highest BCUT2D eigenvalue weighted by Crippen LogP contribution is 2.61. The van der Waals surface area contributed by atoms with Crippen LogP contribution >= 0.6 is 0 Å². The number of anilines is 6. The standard InChI is InChI=1S/C114H88N2/c1-111(2)99-50-20-16-43-95(99)107-92(46-27-51-101(107)111)90-42-18-22-54-105(90)116(85-64-58-76(59-65-85)80-37-24-35-78(69-80)74-32-13-10-14-33-74)106-55-29-48-94-97-71-81(61-67-100(97)114(7,8)110(94)106)82-60-66-96-103(72-82)112(3,4)102-52-28-45-91(108(96)102)89-41-17-21-53-104(89)115(84-62-56-75(57-63-84)79-36-23-34-77(68-79)73-30-11-9-12-31-73)86-39-25-38-83(70-86)87-44-26-47-93-88-40-15-19-49-98(88)113(5,6)109(87)93/h9-72H,1-8H3. The van der Waals surface area contributed by atoms with Crippen molar-refractivity contribution in [3.8, 4) is 134 Å². The van der Waals surface area contributed by atoms with Gasteiger partial charge in [-0.15, -0.1) is 0 Å². The first-order valence-electron chi connectivity index (χ1n) is 41.0. The van der Waals surface area contributed by atoms with Gasteiger partial charge in [0.25, 0.3) is 0 Å². The summed E-state index contributed by atoms with van der Waals surface area (Å²) in [5.41, 5.74) is 46.0. The number of nitrogens with zero attached hydrogens (tertiary/aromatic N) is 2. The zero-order valence-electron chi connectivity index (χ0n) is 66.8. The molecule has 2 nitrogen and oxygen atoms in total. The molecule has 554 valence electrons. The van der Waals surface area contributed by atoms with Crippen molar-refractivity contribution in [2.24, 2.45) is 0 Å². The molecule has 0 atom stereocenters. The summed E-state index contributed by atoms with van der Waals surface area (Å²) in [7, 11) is 0. The molecule has 0 fully saturated rings. The number of hydrogen-bond acceptors (Lipinski definition) is 2. The van der Waals surface area contributed by atoms with Crippen LogP contribution in [-0.4, -0.2) is 0 Å². The first-order chi connectivity index (χ1) is 56.6. The van der Waals surface area contributed by atoms with E-state index in [-0.39, 0.29) is 21.7 Å². The normalized spacial score (nSPS) is 14.1. The van der Waals surface area contributed by atoms with Crippen molar-refractivity contribution in [3.63, 3.8) is 0 Å². The lowest BCUT2D eigenvalue weighted by Gasteiger charge is -2.33. The summed E-state index contributed by atoms with van der Waals surface area (Å²) in [6.45, 7) is 19.3. The molecule has 2 heteroatoms. The third-order valence-corrected chi connectivity index (χ3v) is 26.3. The zero-order valence-corrected chi connectivity index (χ0v) is 66.8. The molecular weight excluding hydrogens is 1400 g/mol. The van der Waals surface area contributed by atoms with Gasteiger partial charge in [0.2, 0.25) is 0 Å². The van der Waals surface area contributed by atoms with Gasteiger partial charge in [-0.25, -0.2) is 0 Å². The average molecular weight is 1490 g/mol. The Bertz CT molecular complexity index is 6810. The second-order valence-electron chi connectivity index (χ2n) is 34.2. The van der Waals surface area contributed by atoms with Crippen molar-refractivity contribution in [1.29, 1.82) is 0 Å². The van der Waals surface area contributed by atoms with E-state index in [1.807, 2.05) is 0 Å². The minimum Gasteiger partial charge on any atom is -0.310 e. The first-order valence-corrected chi connectivity index (χ1v) is 41.0. The van der Waals surface area contributed by atoms with E-state index in [9.17, 15) is 0 Å². The van der Waals surface area contributed by atoms with E-state index in [1.54, 1.807) is 0 Å². The SMILES string of the molecule is CC1(C)c2cc(-c3ccc4c(c3)-c3cccc(N(c5ccc(-c6cccc(-c7ccccc7)c6)cc5)c5ccccc5-c5cccc6c5-c5ccccc5C6(C)C)c3C4(C)C)ccc2-c2c(-c3ccccc3N(c3ccc(-c4cccc(-c5ccccc5)c4)cc3)c3cccc(-c4cccc5c4C(C)(C)c4ccccc4-5)c3)cccc21. The highest BCUT2D eigenvalue weighted by molar-refractivity contribution is 6.03. The van der Waals surface area contributed by atoms with E-state index < -0.39 is 0 Å². The fourth-order valence-electron chi connectivity index (χ4n) is 20.6. The Morgan fingerprint density at radius 3 is 1.09 bits per heavy atom. The van der Waals surface area contributed by atoms with Crippen LogP contribution in [0.25, 0.3) is 134 Å². The quantitative estimate of drug-likeness (QED) is 0.107. The third kappa shape index (κ3) is 11.1. The summed E-state index contributed by atoms with van der Waals surface area (Å²) in [6, 6.07) is 146. The van der Waals surface area contributed by atoms with E-state index in [0.717, 1.165) is 28.4 Å². The predicted molar refractivity (Wildman–Crippen MR) is 490 cm³/mol. The number of benzene rings is 17. The minimum atomic E-state index is -0.375. The molecule has 21 rings (SSSR count). The molecule has 0 saturated carbocycles. The molecule has 0 radical (unpaired) electrons. The molecule has 0 saturated heterocycles. The number of fused-ring (bicyclic) bond motifs is 12. The van der Waals surface area contributed by atoms with E-state index >= 15 is 0 Å². The Labute approximate surface area is 682 Å². The zero-order chi connectivity index (χ0) is 78.3. The van der Waals surface area contributed by atoms with Gasteiger partial charge in [-0.2, -0.15) is 0 Å². The van der Waals surface area contributed by atoms with Gasteiger partial charge in [0.05, 0.1) is 17.1 Å². The first kappa shape index (κ1) is 70.2. The van der Waals surface area contributed by atoms with Crippen LogP contribution in [0.5, 0.6) is 0 Å². The van der Waals surface area contributed by atoms with E-state index in [2.05, 4.69) is 453 Å². The van der Waals surface area contributed by atoms with Crippen LogP contribution in [0.3, 0.4) is 0 Å². The van der Waals surface area contributed by atoms with Gasteiger partial charge in [-0.05, 0) is 246 Å². The fraction of sp³-hybridized carbons (Fsp3) is 0.105. The van der Waals surface area contributed by atoms with Gasteiger partial charge in [0.15, 0.2) is 0 Å². The monoisotopic (exact) mass is 1480 g/mol. The maximum atomic E-state index is 2.57. The number of hydrogen-bond donors (Lipinski definition) is 0. The molecule has 116 heavy (non-hydrogen) atoms. The Kier molecular flexibility index (Phi) is 16.4. The Hall–Kier alpha value is -13.7. The van der Waals surface area contributed by atoms with Crippen LogP contribution < -0.4 is 9.80 Å². The van der Waals surface area contributed by atoms with Gasteiger partial charge in [-0.1, -0.05) is 365 Å². The Morgan fingerprint density at radius 1 is 0.155 bits per heavy atom. The van der Waals surface area contributed by atoms with Crippen molar-refractivity contribution in [2.45, 2.75) is 77.0 Å². The Balaban J connectivity index is 0.668. The molecule has 17 aromatic rings. The van der Waals surface area contributed by atoms with E-state index in [4.69, 9.17) is 0 Å². The highest BCUT2D eigenvalue weighted by Gasteiger charge is 2.43. The van der Waals surface area contributed by atoms with Crippen LogP contribution in [0.1, 0.15) is 99.9 Å². The van der Waals surface area contributed by atoms with Gasteiger partial charge < -0.3 is 9.80 Å². The van der Waals surface area contributed by atoms with Gasteiger partial charge in [0.1, 0.15) is 0 Å². The van der Waals surface area contributed by atoms with E-state index in [1.165, 1.54) is 184 Å². The molecule has 0 aliphatic heterocycles. The lowest BCUT2D eigenvalue weighted by atomic mass is 9.79. The van der Waals surface area contributed by atoms with Crippen molar-refractivity contribution >= 4 is 34.1 Å². The van der Waals surface area contributed by atoms with Crippen molar-refractivity contribution < 1.29 is 0 Å². The maximum absolute atomic E-state index is 2.57. The molecule has 0 spiro atoms. The predicted octanol–water partition coefficient (Wildman–Crippen LogP) is 31.2. The van der Waals surface area contributed by atoms with Crippen molar-refractivity contribution in [3.05, 3.63) is 433 Å². The molecule has 0 N–H and O–H groups in total. The summed E-state index contributed by atoms with van der Waals surface area (Å²) < 4.78 is 0. The summed E-state index contributed by atoms with van der Waals surface area (Å²) in [5.74, 6) is 0. The van der Waals surface area contributed by atoms with Crippen molar-refractivity contribution in [1.82, 2.24) is 0 Å². The molecule has 0 amide bonds. The van der Waals surface area contributed by atoms with Crippen LogP contribution in [0.15, 0.2) is 388 Å². The van der Waals surface area contributed by atoms with Crippen LogP contribution in [0.4, 0.5) is 34.1 Å². The lowest BCUT2D eigenvalue weighted by molar-refractivity contribution is 0.660. The van der Waals surface area contributed by atoms with Gasteiger partial charge in [0, 0.05) is 49.8 Å². The van der Waals surface area contributed by atoms with E-state index in [0.29, 0.717) is 0 Å². The van der Waals surface area contributed by atoms with Crippen molar-refractivity contribution in [2.75, 3.05) is 9.80 Å². The largest absolute Gasteiger partial charge is 0.310 e. The summed E-state index contributed by atoms with van der Waals surface area (Å²) in [5, 5.41) is 0. The highest BCUT2D eigenvalue weighted by atomic mass is 15.2. The smallest absolute Gasteiger partial charge is 0.0540 e. The Morgan fingerprint density at radius 2 is 0.500 bits per heavy atom. The summed E-state index contributed by atoms with van der Waals surface area (Å²) >= 11 is 0. The number of para-hydroxylation sites is 2. The molecule has 0 unspecified atom stereocenters. The lowest BCUT2D eigenvalue weighted by Crippen LogP contribution is -2.21. The molecular formula is C114H88N2. The molecule has 4 aliphatic rings. The maximum Gasteiger partial charge on any atom is 0.0540 e. The summed E-state index contributed by atoms with van der Waals surface area (Å²) in [6.07, 6.45) is 0. The number of rotatable bonds is 14. The van der Waals surface area contributed by atoms with Crippen LogP contribution in [0.2, 0.25) is 0 Å². The third-order valence-electron chi connectivity index (χ3n) is 26.3. The van der Waals surface area contributed by atoms with Crippen LogP contribution in [-0.2, 0) is 21.7 Å². The molecule has 4 aliphatic carbocycles. The second kappa shape index (κ2) is 27.0. The minimum absolute atomic E-state index is 0.152. The fourth-order valence-corrected chi connectivity index (χ4v) is 20.6. The average Bonchev–Trinajstić information content (AvgIpc) is 1.56. The molecule has 0 aromatic heterocycles. The van der Waals surface area contributed by atoms with Gasteiger partial charge in [-0.3, -0.25) is 0 Å². The summed E-state index contributed by atoms with van der Waals surface area (Å²) in [4.78, 5) is 5.07. The van der Waals surface area contributed by atoms with Crippen LogP contribution in [0, 0.1) is 0 Å². The van der Waals surface area contributed by atoms with Gasteiger partial charge >= 0.3 is 0 Å². The topological polar surface area (TPSA) is 6.48 Å². The molecule has 0 bridgehead atoms.